The second kappa shape index (κ2) is 7.78. The molecule has 0 saturated carbocycles. The number of hydrogen-bond acceptors (Lipinski definition) is 5. The second-order valence-corrected chi connectivity index (χ2v) is 5.39. The number of rotatable bonds is 6. The number of halogens is 2. The maximum Gasteiger partial charge on any atom is 0.260 e. The highest BCUT2D eigenvalue weighted by Crippen LogP contribution is 2.21. The summed E-state index contributed by atoms with van der Waals surface area (Å²) in [5.41, 5.74) is 0. The molecule has 0 aliphatic rings. The number of likely N-dealkylation sites (N-methyl/N-ethyl adjacent to an activating group) is 1. The second-order valence-electron chi connectivity index (χ2n) is 4.99. The molecule has 0 spiro atoms. The zero-order valence-electron chi connectivity index (χ0n) is 13.0. The quantitative estimate of drug-likeness (QED) is 0.859. The average molecular weight is 356 g/mol. The molecule has 7 nitrogen and oxygen atoms in total. The lowest BCUT2D eigenvalue weighted by molar-refractivity contribution is -0.135. The highest BCUT2D eigenvalue weighted by atomic mass is 35.5. The van der Waals surface area contributed by atoms with Crippen LogP contribution in [0.4, 0.5) is 10.2 Å². The number of amides is 2. The maximum absolute atomic E-state index is 13.0. The van der Waals surface area contributed by atoms with Gasteiger partial charge in [0.25, 0.3) is 5.91 Å². The van der Waals surface area contributed by atoms with E-state index in [0.29, 0.717) is 5.76 Å². The van der Waals surface area contributed by atoms with E-state index in [4.69, 9.17) is 20.9 Å². The van der Waals surface area contributed by atoms with Crippen molar-refractivity contribution in [3.05, 3.63) is 40.9 Å². The van der Waals surface area contributed by atoms with Gasteiger partial charge in [0.15, 0.2) is 12.4 Å². The molecule has 0 bridgehead atoms. The van der Waals surface area contributed by atoms with Crippen LogP contribution in [0.3, 0.4) is 0 Å². The Labute approximate surface area is 142 Å². The lowest BCUT2D eigenvalue weighted by Gasteiger charge is -2.16. The molecular weight excluding hydrogens is 341 g/mol. The van der Waals surface area contributed by atoms with E-state index in [0.717, 1.165) is 6.07 Å². The zero-order valence-corrected chi connectivity index (χ0v) is 13.8. The number of ether oxygens (including phenoxy) is 1. The van der Waals surface area contributed by atoms with Crippen LogP contribution in [0.2, 0.25) is 5.02 Å². The van der Waals surface area contributed by atoms with Gasteiger partial charge in [0, 0.05) is 19.2 Å². The molecule has 128 valence electrons. The van der Waals surface area contributed by atoms with Crippen LogP contribution in [0, 0.1) is 12.7 Å². The smallest absolute Gasteiger partial charge is 0.260 e. The highest BCUT2D eigenvalue weighted by Gasteiger charge is 2.15. The van der Waals surface area contributed by atoms with Crippen LogP contribution in [0.25, 0.3) is 0 Å². The Morgan fingerprint density at radius 1 is 1.42 bits per heavy atom. The summed E-state index contributed by atoms with van der Waals surface area (Å²) in [5, 5.41) is 6.02. The molecule has 2 rings (SSSR count). The van der Waals surface area contributed by atoms with Crippen molar-refractivity contribution in [2.75, 3.05) is 25.5 Å². The van der Waals surface area contributed by atoms with Crippen molar-refractivity contribution in [1.82, 2.24) is 10.1 Å². The molecule has 0 radical (unpaired) electrons. The molecule has 2 aromatic rings. The van der Waals surface area contributed by atoms with Crippen molar-refractivity contribution in [1.29, 1.82) is 0 Å². The Morgan fingerprint density at radius 2 is 2.17 bits per heavy atom. The summed E-state index contributed by atoms with van der Waals surface area (Å²) in [6.45, 7) is 1.20. The van der Waals surface area contributed by atoms with E-state index >= 15 is 0 Å². The first-order valence-electron chi connectivity index (χ1n) is 6.90. The van der Waals surface area contributed by atoms with Gasteiger partial charge in [0.05, 0.1) is 11.6 Å². The largest absolute Gasteiger partial charge is 0.484 e. The fourth-order valence-electron chi connectivity index (χ4n) is 1.73. The molecule has 0 saturated heterocycles. The molecule has 1 N–H and O–H groups in total. The first-order chi connectivity index (χ1) is 11.3. The average Bonchev–Trinajstić information content (AvgIpc) is 2.92. The predicted octanol–water partition coefficient (Wildman–Crippen LogP) is 2.25. The monoisotopic (exact) mass is 355 g/mol. The topological polar surface area (TPSA) is 84.7 Å². The fourth-order valence-corrected chi connectivity index (χ4v) is 1.90. The lowest BCUT2D eigenvalue weighted by Crippen LogP contribution is -2.37. The molecule has 0 atom stereocenters. The number of nitrogens with zero attached hydrogens (tertiary/aromatic N) is 2. The molecule has 1 aromatic carbocycles. The lowest BCUT2D eigenvalue weighted by atomic mass is 10.3. The van der Waals surface area contributed by atoms with E-state index in [-0.39, 0.29) is 29.7 Å². The molecule has 9 heteroatoms. The Kier molecular flexibility index (Phi) is 5.75. The third-order valence-electron chi connectivity index (χ3n) is 2.96. The van der Waals surface area contributed by atoms with Gasteiger partial charge in [0.2, 0.25) is 5.91 Å². The number of benzene rings is 1. The standard InChI is InChI=1S/C15H15ClFN3O4/c1-9-5-13(19-24-9)18-14(21)7-20(2)15(22)8-23-10-3-4-12(17)11(16)6-10/h3-6H,7-8H2,1-2H3,(H,18,19,21). The Bertz CT molecular complexity index is 750. The number of carbonyl (C=O) groups excluding carboxylic acids is 2. The molecule has 1 heterocycles. The van der Waals surface area contributed by atoms with Gasteiger partial charge in [-0.3, -0.25) is 9.59 Å². The molecule has 2 amide bonds. The number of aryl methyl sites for hydroxylation is 1. The highest BCUT2D eigenvalue weighted by molar-refractivity contribution is 6.30. The summed E-state index contributed by atoms with van der Waals surface area (Å²) in [6, 6.07) is 5.32. The molecular formula is C15H15ClFN3O4. The zero-order chi connectivity index (χ0) is 17.7. The van der Waals surface area contributed by atoms with Gasteiger partial charge in [-0.05, 0) is 19.1 Å². The number of hydrogen-bond donors (Lipinski definition) is 1. The van der Waals surface area contributed by atoms with Gasteiger partial charge < -0.3 is 19.5 Å². The van der Waals surface area contributed by atoms with Crippen molar-refractivity contribution in [2.24, 2.45) is 0 Å². The number of aromatic nitrogens is 1. The van der Waals surface area contributed by atoms with Gasteiger partial charge in [-0.15, -0.1) is 0 Å². The summed E-state index contributed by atoms with van der Waals surface area (Å²) in [4.78, 5) is 24.9. The van der Waals surface area contributed by atoms with Crippen LogP contribution in [-0.2, 0) is 9.59 Å². The van der Waals surface area contributed by atoms with Gasteiger partial charge in [-0.25, -0.2) is 4.39 Å². The van der Waals surface area contributed by atoms with Crippen LogP contribution in [-0.4, -0.2) is 42.1 Å². The molecule has 0 aliphatic carbocycles. The predicted molar refractivity (Wildman–Crippen MR) is 84.4 cm³/mol. The number of carbonyl (C=O) groups is 2. The van der Waals surface area contributed by atoms with E-state index in [1.54, 1.807) is 13.0 Å². The fraction of sp³-hybridized carbons (Fsp3) is 0.267. The van der Waals surface area contributed by atoms with Crippen molar-refractivity contribution in [2.45, 2.75) is 6.92 Å². The van der Waals surface area contributed by atoms with Crippen LogP contribution in [0.15, 0.2) is 28.8 Å². The number of anilines is 1. The van der Waals surface area contributed by atoms with E-state index < -0.39 is 17.6 Å². The van der Waals surface area contributed by atoms with Crippen molar-refractivity contribution in [3.8, 4) is 5.75 Å². The Morgan fingerprint density at radius 3 is 2.79 bits per heavy atom. The van der Waals surface area contributed by atoms with E-state index in [2.05, 4.69) is 10.5 Å². The Hall–Kier alpha value is -2.61. The maximum atomic E-state index is 13.0. The third-order valence-corrected chi connectivity index (χ3v) is 3.25. The summed E-state index contributed by atoms with van der Waals surface area (Å²) in [7, 11) is 1.46. The van der Waals surface area contributed by atoms with Gasteiger partial charge in [-0.2, -0.15) is 0 Å². The van der Waals surface area contributed by atoms with Crippen LogP contribution in [0.5, 0.6) is 5.75 Å². The molecule has 24 heavy (non-hydrogen) atoms. The van der Waals surface area contributed by atoms with E-state index in [1.165, 1.54) is 24.1 Å². The van der Waals surface area contributed by atoms with Crippen molar-refractivity contribution < 1.29 is 23.2 Å². The van der Waals surface area contributed by atoms with E-state index in [1.807, 2.05) is 0 Å². The minimum Gasteiger partial charge on any atom is -0.484 e. The minimum atomic E-state index is -0.577. The van der Waals surface area contributed by atoms with Crippen LogP contribution >= 0.6 is 11.6 Å². The first kappa shape index (κ1) is 17.7. The summed E-state index contributed by atoms with van der Waals surface area (Å²) >= 11 is 5.62. The Balaban J connectivity index is 1.80. The minimum absolute atomic E-state index is 0.101. The van der Waals surface area contributed by atoms with Gasteiger partial charge in [0.1, 0.15) is 17.3 Å². The molecule has 0 fully saturated rings. The molecule has 0 aliphatic heterocycles. The molecule has 1 aromatic heterocycles. The van der Waals surface area contributed by atoms with Gasteiger partial charge in [-0.1, -0.05) is 16.8 Å². The van der Waals surface area contributed by atoms with E-state index in [9.17, 15) is 14.0 Å². The van der Waals surface area contributed by atoms with Crippen LogP contribution < -0.4 is 10.1 Å². The molecule has 0 unspecified atom stereocenters. The summed E-state index contributed by atoms with van der Waals surface area (Å²) < 4.78 is 23.1. The first-order valence-corrected chi connectivity index (χ1v) is 7.28. The normalized spacial score (nSPS) is 10.3. The van der Waals surface area contributed by atoms with Crippen molar-refractivity contribution in [3.63, 3.8) is 0 Å². The SMILES string of the molecule is Cc1cc(NC(=O)CN(C)C(=O)COc2ccc(F)c(Cl)c2)no1. The summed E-state index contributed by atoms with van der Waals surface area (Å²) in [5.74, 6) is -0.347. The van der Waals surface area contributed by atoms with Gasteiger partial charge >= 0.3 is 0 Å². The van der Waals surface area contributed by atoms with Crippen molar-refractivity contribution >= 4 is 29.2 Å². The number of nitrogens with one attached hydrogen (secondary N) is 1. The van der Waals surface area contributed by atoms with Crippen LogP contribution in [0.1, 0.15) is 5.76 Å². The summed E-state index contributed by atoms with van der Waals surface area (Å²) in [6.07, 6.45) is 0. The third kappa shape index (κ3) is 4.95.